The van der Waals surface area contributed by atoms with Gasteiger partial charge in [-0.05, 0) is 96.5 Å². The molecule has 252 valence electrons. The summed E-state index contributed by atoms with van der Waals surface area (Å²) in [6, 6.07) is 27.0. The summed E-state index contributed by atoms with van der Waals surface area (Å²) in [5.41, 5.74) is 8.24. The van der Waals surface area contributed by atoms with Crippen LogP contribution in [0.4, 0.5) is 17.1 Å². The molecular weight excluding hydrogens is 606 g/mol. The van der Waals surface area contributed by atoms with Crippen LogP contribution in [0.5, 0.6) is 5.75 Å². The molecule has 0 atom stereocenters. The number of benzene rings is 4. The van der Waals surface area contributed by atoms with Crippen LogP contribution in [0, 0.1) is 10.1 Å². The molecule has 1 fully saturated rings. The summed E-state index contributed by atoms with van der Waals surface area (Å²) in [7, 11) is 2.17. The van der Waals surface area contributed by atoms with Gasteiger partial charge in [-0.15, -0.1) is 0 Å². The van der Waals surface area contributed by atoms with Gasteiger partial charge in [0.15, 0.2) is 0 Å². The zero-order valence-electron chi connectivity index (χ0n) is 29.4. The smallest absolute Gasteiger partial charge is 0.269 e. The normalized spacial score (nSPS) is 18.7. The number of hydrogen-bond acceptors (Lipinski definition) is 5. The Morgan fingerprint density at radius 2 is 1.67 bits per heavy atom. The van der Waals surface area contributed by atoms with E-state index in [9.17, 15) is 10.1 Å². The van der Waals surface area contributed by atoms with Crippen LogP contribution in [-0.2, 0) is 17.3 Å². The minimum atomic E-state index is -0.253. The Bertz CT molecular complexity index is 1980. The fourth-order valence-corrected chi connectivity index (χ4v) is 8.58. The van der Waals surface area contributed by atoms with Gasteiger partial charge in [0.25, 0.3) is 5.69 Å². The standard InChI is InChI=1S/C43H47N3O3/c1-30(2)49-35-20-16-31(17-21-35)24-27-45-29-33(43(25-9-6-10-26-43)37-28-34(46(47)48)19-23-38(37)45)13-11-15-40-42(3,4)41-36-14-8-7-12-32(36)18-22-39(41)44(40)5/h7-8,11-23,28-30H,6,9-10,24-27H2,1-5H3/b13-11+,40-15+. The summed E-state index contributed by atoms with van der Waals surface area (Å²) in [4.78, 5) is 16.5. The molecule has 0 aromatic heterocycles. The Hall–Kier alpha value is -4.84. The maximum absolute atomic E-state index is 12.1. The zero-order valence-corrected chi connectivity index (χ0v) is 29.4. The summed E-state index contributed by atoms with van der Waals surface area (Å²) in [5.74, 6) is 0.877. The molecule has 6 nitrogen and oxygen atoms in total. The third kappa shape index (κ3) is 5.92. The minimum absolute atomic E-state index is 0.134. The van der Waals surface area contributed by atoms with E-state index < -0.39 is 0 Å². The summed E-state index contributed by atoms with van der Waals surface area (Å²) < 4.78 is 5.86. The molecule has 1 aliphatic carbocycles. The lowest BCUT2D eigenvalue weighted by atomic mass is 9.63. The van der Waals surface area contributed by atoms with Crippen LogP contribution in [0.15, 0.2) is 115 Å². The predicted molar refractivity (Wildman–Crippen MR) is 202 cm³/mol. The van der Waals surface area contributed by atoms with Crippen molar-refractivity contribution >= 4 is 27.8 Å². The highest BCUT2D eigenvalue weighted by molar-refractivity contribution is 5.94. The van der Waals surface area contributed by atoms with E-state index in [4.69, 9.17) is 4.74 Å². The second kappa shape index (κ2) is 12.9. The summed E-state index contributed by atoms with van der Waals surface area (Å²) >= 11 is 0. The highest BCUT2D eigenvalue weighted by atomic mass is 16.6. The minimum Gasteiger partial charge on any atom is -0.491 e. The van der Waals surface area contributed by atoms with E-state index >= 15 is 0 Å². The molecule has 2 aliphatic heterocycles. The summed E-state index contributed by atoms with van der Waals surface area (Å²) in [6.07, 6.45) is 15.5. The molecular formula is C43H47N3O3. The quantitative estimate of drug-likeness (QED) is 0.140. The van der Waals surface area contributed by atoms with Crippen LogP contribution >= 0.6 is 0 Å². The molecule has 1 saturated carbocycles. The Labute approximate surface area is 290 Å². The van der Waals surface area contributed by atoms with Crippen molar-refractivity contribution in [1.82, 2.24) is 0 Å². The first-order valence-electron chi connectivity index (χ1n) is 17.8. The van der Waals surface area contributed by atoms with E-state index in [0.29, 0.717) is 0 Å². The average molecular weight is 654 g/mol. The van der Waals surface area contributed by atoms with E-state index in [0.717, 1.165) is 55.6 Å². The molecule has 0 bridgehead atoms. The number of anilines is 2. The Morgan fingerprint density at radius 1 is 0.939 bits per heavy atom. The van der Waals surface area contributed by atoms with Crippen LogP contribution in [0.1, 0.15) is 76.5 Å². The third-order valence-corrected chi connectivity index (χ3v) is 10.9. The van der Waals surface area contributed by atoms with Gasteiger partial charge in [0.05, 0.1) is 11.0 Å². The van der Waals surface area contributed by atoms with Crippen molar-refractivity contribution in [2.45, 2.75) is 83.2 Å². The van der Waals surface area contributed by atoms with E-state index in [1.54, 1.807) is 6.07 Å². The third-order valence-electron chi connectivity index (χ3n) is 10.9. The van der Waals surface area contributed by atoms with Gasteiger partial charge in [-0.3, -0.25) is 10.1 Å². The first kappa shape index (κ1) is 32.7. The first-order valence-corrected chi connectivity index (χ1v) is 17.8. The van der Waals surface area contributed by atoms with Crippen molar-refractivity contribution in [2.75, 3.05) is 23.4 Å². The number of nitrogens with zero attached hydrogens (tertiary/aromatic N) is 3. The zero-order chi connectivity index (χ0) is 34.3. The number of nitro groups is 1. The van der Waals surface area contributed by atoms with E-state index in [-0.39, 0.29) is 27.5 Å². The van der Waals surface area contributed by atoms with Gasteiger partial charge in [0.1, 0.15) is 5.75 Å². The molecule has 6 heteroatoms. The second-order valence-corrected chi connectivity index (χ2v) is 14.7. The SMILES string of the molecule is CC(C)Oc1ccc(CCN2C=C(/C=C/C=C3/N(C)c4ccc5ccccc5c4C3(C)C)C3(CCCCC3)c3cc([N+](=O)[O-])ccc32)cc1. The number of rotatable bonds is 8. The highest BCUT2D eigenvalue weighted by Crippen LogP contribution is 2.53. The number of likely N-dealkylation sites (N-methyl/N-ethyl adjacent to an activating group) is 1. The van der Waals surface area contributed by atoms with Crippen LogP contribution in [0.25, 0.3) is 10.8 Å². The van der Waals surface area contributed by atoms with E-state index in [2.05, 4.69) is 104 Å². The van der Waals surface area contributed by atoms with Gasteiger partial charge >= 0.3 is 0 Å². The lowest BCUT2D eigenvalue weighted by Crippen LogP contribution is -2.38. The Kier molecular flexibility index (Phi) is 8.60. The Balaban J connectivity index is 1.26. The molecule has 0 N–H and O–H groups in total. The fourth-order valence-electron chi connectivity index (χ4n) is 8.58. The summed E-state index contributed by atoms with van der Waals surface area (Å²) in [6.45, 7) is 9.48. The predicted octanol–water partition coefficient (Wildman–Crippen LogP) is 10.6. The van der Waals surface area contributed by atoms with E-state index in [1.165, 1.54) is 45.3 Å². The fraction of sp³-hybridized carbons (Fsp3) is 0.349. The number of allylic oxidation sites excluding steroid dienone is 5. The number of nitro benzene ring substituents is 1. The number of non-ortho nitro benzene ring substituents is 1. The average Bonchev–Trinajstić information content (AvgIpc) is 3.29. The van der Waals surface area contributed by atoms with Gasteiger partial charge in [-0.25, -0.2) is 0 Å². The van der Waals surface area contributed by atoms with Crippen LogP contribution < -0.4 is 14.5 Å². The molecule has 0 saturated heterocycles. The van der Waals surface area contributed by atoms with Crippen molar-refractivity contribution in [1.29, 1.82) is 0 Å². The van der Waals surface area contributed by atoms with Crippen LogP contribution in [-0.4, -0.2) is 24.6 Å². The van der Waals surface area contributed by atoms with Gasteiger partial charge < -0.3 is 14.5 Å². The second-order valence-electron chi connectivity index (χ2n) is 14.7. The molecule has 0 unspecified atom stereocenters. The van der Waals surface area contributed by atoms with Crippen LogP contribution in [0.2, 0.25) is 0 Å². The molecule has 0 amide bonds. The number of hydrogen-bond donors (Lipinski definition) is 0. The van der Waals surface area contributed by atoms with Crippen molar-refractivity contribution in [3.05, 3.63) is 141 Å². The van der Waals surface area contributed by atoms with Gasteiger partial charge in [0.2, 0.25) is 0 Å². The maximum atomic E-state index is 12.1. The van der Waals surface area contributed by atoms with Crippen LogP contribution in [0.3, 0.4) is 0 Å². The highest BCUT2D eigenvalue weighted by Gasteiger charge is 2.43. The molecule has 1 spiro atoms. The summed E-state index contributed by atoms with van der Waals surface area (Å²) in [5, 5.41) is 14.6. The topological polar surface area (TPSA) is 58.8 Å². The van der Waals surface area contributed by atoms with Crippen molar-refractivity contribution in [2.24, 2.45) is 0 Å². The molecule has 7 rings (SSSR count). The lowest BCUT2D eigenvalue weighted by Gasteiger charge is -2.45. The van der Waals surface area contributed by atoms with Crippen molar-refractivity contribution in [3.8, 4) is 5.75 Å². The first-order chi connectivity index (χ1) is 23.6. The van der Waals surface area contributed by atoms with Gasteiger partial charge in [0, 0.05) is 59.8 Å². The van der Waals surface area contributed by atoms with Gasteiger partial charge in [-0.1, -0.05) is 87.7 Å². The molecule has 0 radical (unpaired) electrons. The van der Waals surface area contributed by atoms with Gasteiger partial charge in [-0.2, -0.15) is 0 Å². The maximum Gasteiger partial charge on any atom is 0.269 e. The lowest BCUT2D eigenvalue weighted by molar-refractivity contribution is -0.384. The monoisotopic (exact) mass is 653 g/mol. The molecule has 49 heavy (non-hydrogen) atoms. The largest absolute Gasteiger partial charge is 0.491 e. The van der Waals surface area contributed by atoms with Crippen molar-refractivity contribution < 1.29 is 9.66 Å². The molecule has 4 aromatic carbocycles. The van der Waals surface area contributed by atoms with E-state index in [1.807, 2.05) is 38.1 Å². The molecule has 4 aromatic rings. The number of fused-ring (bicyclic) bond motifs is 5. The van der Waals surface area contributed by atoms with Crippen molar-refractivity contribution in [3.63, 3.8) is 0 Å². The number of ether oxygens (including phenoxy) is 1. The Morgan fingerprint density at radius 3 is 2.41 bits per heavy atom. The molecule has 2 heterocycles. The molecule has 3 aliphatic rings.